The number of nitro groups is 1. The van der Waals surface area contributed by atoms with Crippen molar-refractivity contribution in [1.82, 2.24) is 9.78 Å². The Kier molecular flexibility index (Phi) is 17.8. The van der Waals surface area contributed by atoms with E-state index in [1.165, 1.54) is 0 Å². The average molecular weight is 1380 g/mol. The molecule has 0 spiro atoms. The standard InChI is InChI=1S/C44H28N12O29S6/c45-33-26(14-28(87(69,70)71)22-12-27(86-85-84-68)34(39(58)32(22)33)51-47-24-5-2-18(56(66)67)11-30(24)89(75,76)77)50-49-25-6-3-20-21(40(25)91(81,82)83)13-31(90(78,79)80)35(38(20)57)52-46-17-1-4-23(29(10-17)88(72,73)74)48-53-36-37(44(64)65)54-55(41(36)59)19-8-15(42(60)61)7-16(9-19)43(62)63/h1-14,54,57-58,68H,45H2,(H,60,61)(H,62,63)(H,64,65)(H,69,70,71)(H,72,73,74)(H,75,76,77)(H,78,79,80)(H,81,82,83). The molecule has 47 heteroatoms. The fourth-order valence-electron chi connectivity index (χ4n) is 8.06. The number of aromatic carboxylic acids is 3. The van der Waals surface area contributed by atoms with Crippen LogP contribution in [0.2, 0.25) is 0 Å². The van der Waals surface area contributed by atoms with E-state index in [0.717, 1.165) is 36.4 Å². The van der Waals surface area contributed by atoms with Gasteiger partial charge >= 0.3 is 17.9 Å². The van der Waals surface area contributed by atoms with Crippen LogP contribution in [0.5, 0.6) is 11.5 Å². The van der Waals surface area contributed by atoms with E-state index in [1.54, 1.807) is 0 Å². The van der Waals surface area contributed by atoms with Gasteiger partial charge in [-0.1, -0.05) is 5.04 Å². The van der Waals surface area contributed by atoms with Gasteiger partial charge < -0.3 is 31.3 Å². The van der Waals surface area contributed by atoms with E-state index in [9.17, 15) is 120 Å². The molecule has 0 fully saturated rings. The molecule has 0 unspecified atom stereocenters. The topological polar surface area (TPSA) is 669 Å². The third-order valence-corrected chi connectivity index (χ3v) is 17.0. The number of non-ortho nitro benzene ring substituents is 1. The van der Waals surface area contributed by atoms with Crippen molar-refractivity contribution in [3.05, 3.63) is 122 Å². The summed E-state index contributed by atoms with van der Waals surface area (Å²) >= 11 is -0.0607. The molecule has 8 aromatic rings. The zero-order chi connectivity index (χ0) is 67.4. The van der Waals surface area contributed by atoms with Gasteiger partial charge in [0, 0.05) is 28.3 Å². The highest BCUT2D eigenvalue weighted by Crippen LogP contribution is 2.51. The van der Waals surface area contributed by atoms with Gasteiger partial charge in [-0.3, -0.25) is 42.8 Å². The van der Waals surface area contributed by atoms with Crippen LogP contribution in [-0.2, 0) is 60.0 Å². The third kappa shape index (κ3) is 13.7. The number of fused-ring (bicyclic) bond motifs is 2. The Labute approximate surface area is 506 Å². The van der Waals surface area contributed by atoms with Crippen molar-refractivity contribution in [2.24, 2.45) is 40.9 Å². The first-order valence-electron chi connectivity index (χ1n) is 23.0. The van der Waals surface area contributed by atoms with Crippen molar-refractivity contribution < 1.29 is 124 Å². The Morgan fingerprint density at radius 3 is 1.62 bits per heavy atom. The molecule has 0 saturated heterocycles. The maximum atomic E-state index is 13.4. The largest absolute Gasteiger partial charge is 0.505 e. The third-order valence-electron chi connectivity index (χ3n) is 11.9. The number of nitrogens with zero attached hydrogens (tertiary/aromatic N) is 10. The molecular formula is C44H28N12O29S6. The van der Waals surface area contributed by atoms with Crippen LogP contribution in [0.25, 0.3) is 27.2 Å². The number of nitrogens with two attached hydrogens (primary N) is 1. The van der Waals surface area contributed by atoms with Gasteiger partial charge in [-0.25, -0.2) is 24.3 Å². The first-order chi connectivity index (χ1) is 42.2. The Bertz CT molecular complexity index is 5310. The molecule has 7 aromatic carbocycles. The van der Waals surface area contributed by atoms with Crippen LogP contribution < -0.4 is 11.3 Å². The lowest BCUT2D eigenvalue weighted by molar-refractivity contribution is -0.432. The number of carboxylic acids is 3. The van der Waals surface area contributed by atoms with E-state index < -0.39 is 221 Å². The summed E-state index contributed by atoms with van der Waals surface area (Å²) in [6.07, 6.45) is 0. The normalized spacial score (nSPS) is 12.8. The van der Waals surface area contributed by atoms with E-state index in [0.29, 0.717) is 47.1 Å². The second kappa shape index (κ2) is 24.4. The summed E-state index contributed by atoms with van der Waals surface area (Å²) in [4.78, 5) is 52.0. The Morgan fingerprint density at radius 1 is 0.549 bits per heavy atom. The summed E-state index contributed by atoms with van der Waals surface area (Å²) in [5, 5.41) is 103. The number of phenolic OH excluding ortho intramolecular Hbond substituents is 2. The number of azo groups is 4. The van der Waals surface area contributed by atoms with Gasteiger partial charge in [-0.05, 0) is 72.8 Å². The molecule has 1 aromatic heterocycles. The number of nitrogens with one attached hydrogen (secondary N) is 1. The van der Waals surface area contributed by atoms with Crippen LogP contribution in [0, 0.1) is 10.1 Å². The number of carbonyl (C=O) groups is 3. The van der Waals surface area contributed by atoms with Crippen molar-refractivity contribution >= 4 is 159 Å². The van der Waals surface area contributed by atoms with Gasteiger partial charge in [0.15, 0.2) is 22.9 Å². The van der Waals surface area contributed by atoms with Crippen molar-refractivity contribution in [1.29, 1.82) is 0 Å². The zero-order valence-corrected chi connectivity index (χ0v) is 48.2. The Balaban J connectivity index is 1.22. The summed E-state index contributed by atoms with van der Waals surface area (Å²) < 4.78 is 183. The number of aromatic amines is 1. The van der Waals surface area contributed by atoms with Crippen LogP contribution in [0.4, 0.5) is 56.9 Å². The Hall–Kier alpha value is -10.5. The average Bonchev–Trinajstić information content (AvgIpc) is 1.34. The first kappa shape index (κ1) is 66.4. The quantitative estimate of drug-likeness (QED) is 0.00620. The highest BCUT2D eigenvalue weighted by Gasteiger charge is 2.31. The van der Waals surface area contributed by atoms with Crippen molar-refractivity contribution in [2.45, 2.75) is 29.4 Å². The van der Waals surface area contributed by atoms with Crippen molar-refractivity contribution in [3.8, 4) is 17.2 Å². The van der Waals surface area contributed by atoms with Gasteiger partial charge in [-0.15, -0.1) is 40.1 Å². The predicted molar refractivity (Wildman–Crippen MR) is 299 cm³/mol. The maximum absolute atomic E-state index is 13.4. The molecule has 0 atom stereocenters. The van der Waals surface area contributed by atoms with Gasteiger partial charge in [-0.2, -0.15) is 47.2 Å². The van der Waals surface area contributed by atoms with Gasteiger partial charge in [0.2, 0.25) is 0 Å². The van der Waals surface area contributed by atoms with Crippen molar-refractivity contribution in [2.75, 3.05) is 5.73 Å². The minimum Gasteiger partial charge on any atom is -0.505 e. The van der Waals surface area contributed by atoms with E-state index in [1.807, 2.05) is 0 Å². The number of rotatable bonds is 21. The lowest BCUT2D eigenvalue weighted by atomic mass is 10.0. The number of H-pyrrole nitrogens is 1. The van der Waals surface area contributed by atoms with Crippen LogP contribution >= 0.6 is 12.0 Å². The van der Waals surface area contributed by atoms with Crippen molar-refractivity contribution in [3.63, 3.8) is 0 Å². The molecule has 41 nitrogen and oxygen atoms in total. The molecule has 0 aliphatic carbocycles. The zero-order valence-electron chi connectivity index (χ0n) is 43.3. The fourth-order valence-corrected chi connectivity index (χ4v) is 12.0. The van der Waals surface area contributed by atoms with Gasteiger partial charge in [0.25, 0.3) is 61.8 Å². The second-order valence-corrected chi connectivity index (χ2v) is 25.2. The summed E-state index contributed by atoms with van der Waals surface area (Å²) in [7, 11) is -27.8. The maximum Gasteiger partial charge on any atom is 0.356 e. The monoisotopic (exact) mass is 1380 g/mol. The van der Waals surface area contributed by atoms with E-state index >= 15 is 0 Å². The summed E-state index contributed by atoms with van der Waals surface area (Å²) in [6, 6.07) is 8.81. The van der Waals surface area contributed by atoms with Crippen LogP contribution in [-0.4, -0.2) is 128 Å². The summed E-state index contributed by atoms with van der Waals surface area (Å²) in [5.74, 6) is -7.89. The molecule has 0 aliphatic heterocycles. The SMILES string of the molecule is Nc1c(N=Nc2ccc3c(O)c(N=Nc4ccc(N=Nc5c(C(=O)O)[nH]n(-c6cc(C(=O)O)cc(C(=O)O)c6)c5=O)c(S(=O)(=O)O)c4)c(S(=O)(=O)O)cc3c2S(=O)(=O)O)cc(S(=O)(=O)O)c2cc(SOOO)c(N=Nc3ccc([N+](=O)[O-])cc3S(=O)(=O)O)c(O)c12. The minimum atomic E-state index is -5.78. The molecule has 0 radical (unpaired) electrons. The second-order valence-electron chi connectivity index (χ2n) is 17.5. The van der Waals surface area contributed by atoms with Gasteiger partial charge in [0.1, 0.15) is 58.6 Å². The van der Waals surface area contributed by atoms with Crippen LogP contribution in [0.15, 0.2) is 160 Å². The smallest absolute Gasteiger partial charge is 0.356 e. The minimum absolute atomic E-state index is 0.0607. The number of nitrogen functional groups attached to an aromatic ring is 1. The number of benzene rings is 7. The lowest BCUT2D eigenvalue weighted by Gasteiger charge is -2.15. The van der Waals surface area contributed by atoms with E-state index in [2.05, 4.69) is 55.4 Å². The van der Waals surface area contributed by atoms with E-state index in [-0.39, 0.29) is 18.1 Å². The van der Waals surface area contributed by atoms with Crippen LogP contribution in [0.1, 0.15) is 31.2 Å². The van der Waals surface area contributed by atoms with Crippen LogP contribution in [0.3, 0.4) is 0 Å². The molecule has 8 rings (SSSR count). The Morgan fingerprint density at radius 2 is 1.08 bits per heavy atom. The molecule has 0 saturated carbocycles. The molecule has 1 heterocycles. The molecule has 14 N–H and O–H groups in total. The number of nitro benzene ring substituents is 1. The molecule has 0 amide bonds. The number of anilines is 1. The fraction of sp³-hybridized carbons (Fsp3) is 0. The molecule has 0 bridgehead atoms. The molecular weight excluding hydrogens is 1350 g/mol. The number of hydrogen-bond acceptors (Lipinski definition) is 31. The highest BCUT2D eigenvalue weighted by molar-refractivity contribution is 7.94. The molecule has 0 aliphatic rings. The summed E-state index contributed by atoms with van der Waals surface area (Å²) in [5.41, 5.74) is -7.46. The predicted octanol–water partition coefficient (Wildman–Crippen LogP) is 7.79. The highest BCUT2D eigenvalue weighted by atomic mass is 32.2. The van der Waals surface area contributed by atoms with E-state index in [4.69, 9.17) is 11.0 Å². The number of phenols is 2. The van der Waals surface area contributed by atoms with Gasteiger partial charge in [0.05, 0.1) is 55.4 Å². The summed E-state index contributed by atoms with van der Waals surface area (Å²) in [6.45, 7) is 0. The number of aromatic nitrogens is 2. The number of hydrogen-bond donors (Lipinski definition) is 13. The molecule has 474 valence electrons. The lowest BCUT2D eigenvalue weighted by Crippen LogP contribution is -2.16. The number of carboxylic acid groups (broad SMARTS) is 3. The molecule has 91 heavy (non-hydrogen) atoms. The number of aromatic hydroxyl groups is 2. The first-order valence-corrected chi connectivity index (χ1v) is 30.9.